The highest BCUT2D eigenvalue weighted by atomic mass is 35.5. The van der Waals surface area contributed by atoms with Crippen LogP contribution in [0.15, 0.2) is 18.2 Å². The molecule has 102 valence electrons. The van der Waals surface area contributed by atoms with Crippen molar-refractivity contribution in [1.82, 2.24) is 5.32 Å². The molecule has 1 rings (SSSR count). The molecule has 0 heterocycles. The van der Waals surface area contributed by atoms with Gasteiger partial charge in [-0.2, -0.15) is 0 Å². The number of hydrogen-bond donors (Lipinski definition) is 2. The Bertz CT molecular complexity index is 354. The van der Waals surface area contributed by atoms with Gasteiger partial charge in [0.1, 0.15) is 5.82 Å². The van der Waals surface area contributed by atoms with E-state index in [9.17, 15) is 4.39 Å². The molecular weight excluding hydrogens is 253 g/mol. The molecule has 0 bridgehead atoms. The fraction of sp³-hybridized carbons (Fsp3) is 0.571. The average molecular weight is 274 g/mol. The summed E-state index contributed by atoms with van der Waals surface area (Å²) in [5.74, 6) is 0.0868. The average Bonchev–Trinajstić information content (AvgIpc) is 2.35. The van der Waals surface area contributed by atoms with E-state index in [-0.39, 0.29) is 17.4 Å². The molecule has 1 unspecified atom stereocenters. The quantitative estimate of drug-likeness (QED) is 0.761. The number of aliphatic hydroxyl groups is 1. The van der Waals surface area contributed by atoms with Crippen LogP contribution in [-0.4, -0.2) is 18.3 Å². The fourth-order valence-corrected chi connectivity index (χ4v) is 2.23. The summed E-state index contributed by atoms with van der Waals surface area (Å²) in [5, 5.41) is 12.4. The highest BCUT2D eigenvalue weighted by Gasteiger charge is 2.08. The molecule has 0 saturated carbocycles. The zero-order valence-electron chi connectivity index (χ0n) is 10.8. The summed E-state index contributed by atoms with van der Waals surface area (Å²) < 4.78 is 13.2. The van der Waals surface area contributed by atoms with Crippen LogP contribution in [0.1, 0.15) is 31.7 Å². The van der Waals surface area contributed by atoms with Crippen molar-refractivity contribution in [2.24, 2.45) is 5.92 Å². The van der Waals surface area contributed by atoms with Crippen molar-refractivity contribution < 1.29 is 9.50 Å². The van der Waals surface area contributed by atoms with Crippen LogP contribution >= 0.6 is 11.6 Å². The van der Waals surface area contributed by atoms with Gasteiger partial charge >= 0.3 is 0 Å². The predicted octanol–water partition coefficient (Wildman–Crippen LogP) is 3.37. The first-order valence-corrected chi connectivity index (χ1v) is 6.81. The van der Waals surface area contributed by atoms with Crippen molar-refractivity contribution in [3.63, 3.8) is 0 Å². The van der Waals surface area contributed by atoms with Crippen molar-refractivity contribution in [2.75, 3.05) is 13.2 Å². The molecule has 18 heavy (non-hydrogen) atoms. The standard InChI is InChI=1S/C14H21ClFNO/c1-2-4-11(7-8-18)9-17-10-12-5-3-6-13(16)14(12)15/h3,5-6,11,17-18H,2,4,7-10H2,1H3. The van der Waals surface area contributed by atoms with Crippen molar-refractivity contribution in [2.45, 2.75) is 32.7 Å². The molecule has 0 aliphatic rings. The molecule has 0 aliphatic heterocycles. The van der Waals surface area contributed by atoms with Gasteiger partial charge in [-0.25, -0.2) is 4.39 Å². The lowest BCUT2D eigenvalue weighted by Gasteiger charge is -2.16. The van der Waals surface area contributed by atoms with Crippen LogP contribution in [0.5, 0.6) is 0 Å². The van der Waals surface area contributed by atoms with Gasteiger partial charge in [-0.05, 0) is 36.9 Å². The maximum atomic E-state index is 13.2. The summed E-state index contributed by atoms with van der Waals surface area (Å²) in [6, 6.07) is 4.84. The highest BCUT2D eigenvalue weighted by molar-refractivity contribution is 6.31. The molecule has 0 spiro atoms. The monoisotopic (exact) mass is 273 g/mol. The van der Waals surface area contributed by atoms with Gasteiger partial charge in [0, 0.05) is 13.2 Å². The lowest BCUT2D eigenvalue weighted by molar-refractivity contribution is 0.248. The first-order chi connectivity index (χ1) is 8.69. The normalized spacial score (nSPS) is 12.7. The van der Waals surface area contributed by atoms with Gasteiger partial charge < -0.3 is 10.4 Å². The maximum Gasteiger partial charge on any atom is 0.142 e. The largest absolute Gasteiger partial charge is 0.396 e. The van der Waals surface area contributed by atoms with Gasteiger partial charge in [0.25, 0.3) is 0 Å². The van der Waals surface area contributed by atoms with E-state index in [1.165, 1.54) is 6.07 Å². The van der Waals surface area contributed by atoms with Crippen LogP contribution in [0, 0.1) is 11.7 Å². The molecule has 1 aromatic rings. The molecule has 0 saturated heterocycles. The Morgan fingerprint density at radius 1 is 1.39 bits per heavy atom. The van der Waals surface area contributed by atoms with Gasteiger partial charge in [0.05, 0.1) is 5.02 Å². The third-order valence-corrected chi connectivity index (χ3v) is 3.44. The molecule has 1 atom stereocenters. The van der Waals surface area contributed by atoms with Gasteiger partial charge in [0.15, 0.2) is 0 Å². The number of hydrogen-bond acceptors (Lipinski definition) is 2. The number of rotatable bonds is 8. The third-order valence-electron chi connectivity index (χ3n) is 3.01. The molecule has 0 aromatic heterocycles. The molecule has 0 fully saturated rings. The summed E-state index contributed by atoms with van der Waals surface area (Å²) in [6.45, 7) is 3.73. The Morgan fingerprint density at radius 3 is 2.83 bits per heavy atom. The number of halogens is 2. The second kappa shape index (κ2) is 8.46. The fourth-order valence-electron chi connectivity index (χ4n) is 2.04. The molecule has 0 radical (unpaired) electrons. The van der Waals surface area contributed by atoms with E-state index >= 15 is 0 Å². The molecular formula is C14H21ClFNO. The summed E-state index contributed by atoms with van der Waals surface area (Å²) >= 11 is 5.88. The van der Waals surface area contributed by atoms with Gasteiger partial charge in [-0.1, -0.05) is 37.1 Å². The Morgan fingerprint density at radius 2 is 2.17 bits per heavy atom. The number of benzene rings is 1. The predicted molar refractivity (Wildman–Crippen MR) is 73.2 cm³/mol. The summed E-state index contributed by atoms with van der Waals surface area (Å²) in [7, 11) is 0. The van der Waals surface area contributed by atoms with Crippen LogP contribution < -0.4 is 5.32 Å². The van der Waals surface area contributed by atoms with E-state index in [0.29, 0.717) is 12.5 Å². The molecule has 0 aliphatic carbocycles. The van der Waals surface area contributed by atoms with E-state index in [1.807, 2.05) is 6.07 Å². The Kier molecular flexibility index (Phi) is 7.25. The summed E-state index contributed by atoms with van der Waals surface area (Å²) in [4.78, 5) is 0. The van der Waals surface area contributed by atoms with Gasteiger partial charge in [-0.15, -0.1) is 0 Å². The van der Waals surface area contributed by atoms with Crippen molar-refractivity contribution in [3.8, 4) is 0 Å². The van der Waals surface area contributed by atoms with Crippen molar-refractivity contribution >= 4 is 11.6 Å². The van der Waals surface area contributed by atoms with Gasteiger partial charge in [0.2, 0.25) is 0 Å². The smallest absolute Gasteiger partial charge is 0.142 e. The lowest BCUT2D eigenvalue weighted by atomic mass is 10.0. The first kappa shape index (κ1) is 15.4. The van der Waals surface area contributed by atoms with E-state index in [1.54, 1.807) is 6.07 Å². The van der Waals surface area contributed by atoms with E-state index in [4.69, 9.17) is 16.7 Å². The van der Waals surface area contributed by atoms with E-state index in [0.717, 1.165) is 31.4 Å². The molecule has 2 N–H and O–H groups in total. The molecule has 4 heteroatoms. The Labute approximate surface area is 113 Å². The van der Waals surface area contributed by atoms with Crippen molar-refractivity contribution in [3.05, 3.63) is 34.6 Å². The second-order valence-electron chi connectivity index (χ2n) is 4.51. The van der Waals surface area contributed by atoms with Crippen LogP contribution in [0.2, 0.25) is 5.02 Å². The minimum Gasteiger partial charge on any atom is -0.396 e. The van der Waals surface area contributed by atoms with E-state index in [2.05, 4.69) is 12.2 Å². The molecule has 1 aromatic carbocycles. The van der Waals surface area contributed by atoms with Crippen LogP contribution in [0.25, 0.3) is 0 Å². The first-order valence-electron chi connectivity index (χ1n) is 6.43. The highest BCUT2D eigenvalue weighted by Crippen LogP contribution is 2.19. The summed E-state index contributed by atoms with van der Waals surface area (Å²) in [6.07, 6.45) is 3.00. The van der Waals surface area contributed by atoms with Crippen LogP contribution in [0.3, 0.4) is 0 Å². The maximum absolute atomic E-state index is 13.2. The lowest BCUT2D eigenvalue weighted by Crippen LogP contribution is -2.23. The summed E-state index contributed by atoms with van der Waals surface area (Å²) in [5.41, 5.74) is 0.774. The molecule has 0 amide bonds. The Balaban J connectivity index is 2.42. The minimum atomic E-state index is -0.378. The van der Waals surface area contributed by atoms with Crippen molar-refractivity contribution in [1.29, 1.82) is 0 Å². The Hall–Kier alpha value is -0.640. The SMILES string of the molecule is CCCC(CCO)CNCc1cccc(F)c1Cl. The van der Waals surface area contributed by atoms with E-state index < -0.39 is 0 Å². The third kappa shape index (κ3) is 4.92. The topological polar surface area (TPSA) is 32.3 Å². The van der Waals surface area contributed by atoms with Crippen LogP contribution in [-0.2, 0) is 6.54 Å². The number of aliphatic hydroxyl groups excluding tert-OH is 1. The van der Waals surface area contributed by atoms with Gasteiger partial charge in [-0.3, -0.25) is 0 Å². The second-order valence-corrected chi connectivity index (χ2v) is 4.89. The molecule has 2 nitrogen and oxygen atoms in total. The van der Waals surface area contributed by atoms with Crippen LogP contribution in [0.4, 0.5) is 4.39 Å². The zero-order valence-corrected chi connectivity index (χ0v) is 11.5. The number of nitrogens with one attached hydrogen (secondary N) is 1. The minimum absolute atomic E-state index is 0.194. The zero-order chi connectivity index (χ0) is 13.4.